The van der Waals surface area contributed by atoms with Gasteiger partial charge in [-0.2, -0.15) is 0 Å². The summed E-state index contributed by atoms with van der Waals surface area (Å²) in [6, 6.07) is 6.97. The predicted molar refractivity (Wildman–Crippen MR) is 89.8 cm³/mol. The first-order valence-electron chi connectivity index (χ1n) is 7.17. The fourth-order valence-electron chi connectivity index (χ4n) is 2.68. The zero-order valence-electron chi connectivity index (χ0n) is 12.4. The van der Waals surface area contributed by atoms with Crippen molar-refractivity contribution in [2.24, 2.45) is 5.92 Å². The van der Waals surface area contributed by atoms with Gasteiger partial charge in [-0.3, -0.25) is 14.6 Å². The molecule has 118 valence electrons. The SMILES string of the molecule is CN1CCC(C(=O)c2cncc(-c3ccc(Cl)c(Cl)c3)c2)C1=O. The van der Waals surface area contributed by atoms with Crippen LogP contribution in [0.3, 0.4) is 0 Å². The summed E-state index contributed by atoms with van der Waals surface area (Å²) in [5, 5.41) is 0.906. The van der Waals surface area contributed by atoms with Crippen LogP contribution >= 0.6 is 23.2 Å². The van der Waals surface area contributed by atoms with Gasteiger partial charge >= 0.3 is 0 Å². The second-order valence-electron chi connectivity index (χ2n) is 5.56. The summed E-state index contributed by atoms with van der Waals surface area (Å²) < 4.78 is 0. The minimum atomic E-state index is -0.606. The molecule has 1 aromatic carbocycles. The number of rotatable bonds is 3. The Morgan fingerprint density at radius 3 is 2.61 bits per heavy atom. The number of halogens is 2. The minimum absolute atomic E-state index is 0.130. The molecule has 0 N–H and O–H groups in total. The molecule has 0 bridgehead atoms. The van der Waals surface area contributed by atoms with Crippen LogP contribution in [0.2, 0.25) is 10.0 Å². The summed E-state index contributed by atoms with van der Waals surface area (Å²) >= 11 is 12.0. The van der Waals surface area contributed by atoms with Crippen molar-refractivity contribution in [1.82, 2.24) is 9.88 Å². The number of hydrogen-bond acceptors (Lipinski definition) is 3. The average Bonchev–Trinajstić information content (AvgIpc) is 2.89. The van der Waals surface area contributed by atoms with Gasteiger partial charge in [0.1, 0.15) is 5.92 Å². The van der Waals surface area contributed by atoms with Crippen LogP contribution in [0.1, 0.15) is 16.8 Å². The highest BCUT2D eigenvalue weighted by molar-refractivity contribution is 6.42. The number of likely N-dealkylation sites (tertiary alicyclic amines) is 1. The second kappa shape index (κ2) is 6.30. The van der Waals surface area contributed by atoms with Crippen molar-refractivity contribution in [3.63, 3.8) is 0 Å². The topological polar surface area (TPSA) is 50.3 Å². The van der Waals surface area contributed by atoms with E-state index < -0.39 is 5.92 Å². The first kappa shape index (κ1) is 16.0. The van der Waals surface area contributed by atoms with Gasteiger partial charge in [-0.15, -0.1) is 0 Å². The highest BCUT2D eigenvalue weighted by atomic mass is 35.5. The monoisotopic (exact) mass is 348 g/mol. The van der Waals surface area contributed by atoms with Gasteiger partial charge < -0.3 is 4.90 Å². The molecular weight excluding hydrogens is 335 g/mol. The Morgan fingerprint density at radius 2 is 1.96 bits per heavy atom. The molecule has 0 radical (unpaired) electrons. The maximum atomic E-state index is 12.6. The van der Waals surface area contributed by atoms with Gasteiger partial charge in [-0.05, 0) is 30.2 Å². The number of hydrogen-bond donors (Lipinski definition) is 0. The fourth-order valence-corrected chi connectivity index (χ4v) is 2.97. The van der Waals surface area contributed by atoms with Crippen LogP contribution in [-0.2, 0) is 4.79 Å². The van der Waals surface area contributed by atoms with E-state index in [0.29, 0.717) is 28.6 Å². The molecule has 1 atom stereocenters. The molecule has 1 aliphatic heterocycles. The number of amides is 1. The molecule has 3 rings (SSSR count). The molecule has 2 aromatic rings. The maximum absolute atomic E-state index is 12.6. The summed E-state index contributed by atoms with van der Waals surface area (Å²) in [7, 11) is 1.71. The fraction of sp³-hybridized carbons (Fsp3) is 0.235. The Balaban J connectivity index is 1.92. The quantitative estimate of drug-likeness (QED) is 0.627. The van der Waals surface area contributed by atoms with E-state index in [1.807, 2.05) is 6.07 Å². The molecule has 0 saturated carbocycles. The number of aromatic nitrogens is 1. The largest absolute Gasteiger partial charge is 0.345 e. The molecule has 1 amide bonds. The number of nitrogens with zero attached hydrogens (tertiary/aromatic N) is 2. The van der Waals surface area contributed by atoms with Crippen LogP contribution in [0.15, 0.2) is 36.7 Å². The Bertz CT molecular complexity index is 792. The van der Waals surface area contributed by atoms with Crippen molar-refractivity contribution in [3.8, 4) is 11.1 Å². The lowest BCUT2D eigenvalue weighted by Gasteiger charge is -2.10. The zero-order valence-corrected chi connectivity index (χ0v) is 13.9. The van der Waals surface area contributed by atoms with Crippen LogP contribution in [0, 0.1) is 5.92 Å². The van der Waals surface area contributed by atoms with E-state index >= 15 is 0 Å². The molecule has 4 nitrogen and oxygen atoms in total. The lowest BCUT2D eigenvalue weighted by Crippen LogP contribution is -2.27. The minimum Gasteiger partial charge on any atom is -0.345 e. The normalized spacial score (nSPS) is 17.6. The third-order valence-electron chi connectivity index (χ3n) is 4.02. The van der Waals surface area contributed by atoms with Crippen LogP contribution in [0.4, 0.5) is 0 Å². The Morgan fingerprint density at radius 1 is 1.17 bits per heavy atom. The van der Waals surface area contributed by atoms with Gasteiger partial charge in [0.25, 0.3) is 0 Å². The van der Waals surface area contributed by atoms with Gasteiger partial charge in [0.2, 0.25) is 5.91 Å². The standard InChI is InChI=1S/C17H14Cl2N2O2/c1-21-5-4-13(17(21)23)16(22)12-6-11(8-20-9-12)10-2-3-14(18)15(19)7-10/h2-3,6-9,13H,4-5H2,1H3. The van der Waals surface area contributed by atoms with E-state index in [4.69, 9.17) is 23.2 Å². The van der Waals surface area contributed by atoms with E-state index in [-0.39, 0.29) is 11.7 Å². The first-order chi connectivity index (χ1) is 11.0. The van der Waals surface area contributed by atoms with Crippen LogP contribution in [-0.4, -0.2) is 35.2 Å². The molecule has 0 spiro atoms. The summed E-state index contributed by atoms with van der Waals surface area (Å²) in [4.78, 5) is 30.3. The average molecular weight is 349 g/mol. The summed E-state index contributed by atoms with van der Waals surface area (Å²) in [6.45, 7) is 0.606. The van der Waals surface area contributed by atoms with Gasteiger partial charge in [-0.25, -0.2) is 0 Å². The lowest BCUT2D eigenvalue weighted by atomic mass is 9.95. The molecule has 0 aliphatic carbocycles. The van der Waals surface area contributed by atoms with E-state index in [1.54, 1.807) is 36.3 Å². The number of benzene rings is 1. The number of ketones is 1. The van der Waals surface area contributed by atoms with E-state index in [0.717, 1.165) is 11.1 Å². The number of pyridine rings is 1. The van der Waals surface area contributed by atoms with Gasteiger partial charge in [0.15, 0.2) is 5.78 Å². The predicted octanol–water partition coefficient (Wildman–Crippen LogP) is 3.72. The maximum Gasteiger partial charge on any atom is 0.233 e. The van der Waals surface area contributed by atoms with Crippen LogP contribution in [0.5, 0.6) is 0 Å². The summed E-state index contributed by atoms with van der Waals surface area (Å²) in [6.07, 6.45) is 3.69. The second-order valence-corrected chi connectivity index (χ2v) is 6.37. The molecule has 1 unspecified atom stereocenters. The van der Waals surface area contributed by atoms with Crippen molar-refractivity contribution in [2.75, 3.05) is 13.6 Å². The number of carbonyl (C=O) groups excluding carboxylic acids is 2. The van der Waals surface area contributed by atoms with Crippen molar-refractivity contribution >= 4 is 34.9 Å². The Labute approximate surface area is 144 Å². The lowest BCUT2D eigenvalue weighted by molar-refractivity contribution is -0.128. The van der Waals surface area contributed by atoms with E-state index in [1.165, 1.54) is 6.20 Å². The highest BCUT2D eigenvalue weighted by Crippen LogP contribution is 2.29. The molecular formula is C17H14Cl2N2O2. The van der Waals surface area contributed by atoms with Crippen molar-refractivity contribution in [2.45, 2.75) is 6.42 Å². The molecule has 1 aromatic heterocycles. The molecule has 1 aliphatic rings. The summed E-state index contributed by atoms with van der Waals surface area (Å²) in [5.41, 5.74) is 2.01. The Hall–Kier alpha value is -1.91. The molecule has 23 heavy (non-hydrogen) atoms. The third kappa shape index (κ3) is 3.09. The molecule has 1 fully saturated rings. The van der Waals surface area contributed by atoms with Crippen LogP contribution < -0.4 is 0 Å². The number of carbonyl (C=O) groups is 2. The van der Waals surface area contributed by atoms with Crippen LogP contribution in [0.25, 0.3) is 11.1 Å². The Kier molecular flexibility index (Phi) is 4.37. The molecule has 1 saturated heterocycles. The number of Topliss-reactive ketones (excluding diaryl/α,β-unsaturated/α-hetero) is 1. The third-order valence-corrected chi connectivity index (χ3v) is 4.76. The van der Waals surface area contributed by atoms with Crippen molar-refractivity contribution < 1.29 is 9.59 Å². The van der Waals surface area contributed by atoms with Crippen molar-refractivity contribution in [1.29, 1.82) is 0 Å². The van der Waals surface area contributed by atoms with Gasteiger partial charge in [0.05, 0.1) is 10.0 Å². The molecule has 2 heterocycles. The van der Waals surface area contributed by atoms with Gasteiger partial charge in [-0.1, -0.05) is 29.3 Å². The van der Waals surface area contributed by atoms with E-state index in [2.05, 4.69) is 4.98 Å². The smallest absolute Gasteiger partial charge is 0.233 e. The zero-order chi connectivity index (χ0) is 16.6. The first-order valence-corrected chi connectivity index (χ1v) is 7.92. The van der Waals surface area contributed by atoms with Crippen molar-refractivity contribution in [3.05, 3.63) is 52.3 Å². The summed E-state index contributed by atoms with van der Waals surface area (Å²) in [5.74, 6) is -0.922. The van der Waals surface area contributed by atoms with Gasteiger partial charge in [0, 0.05) is 37.1 Å². The van der Waals surface area contributed by atoms with E-state index in [9.17, 15) is 9.59 Å². The highest BCUT2D eigenvalue weighted by Gasteiger charge is 2.35. The molecule has 6 heteroatoms.